The number of nitrogens with two attached hydrogens (primary N) is 1. The Labute approximate surface area is 102 Å². The molecule has 2 aromatic heterocycles. The number of benzene rings is 1. The van der Waals surface area contributed by atoms with Crippen molar-refractivity contribution in [2.24, 2.45) is 0 Å². The molecule has 3 rings (SSSR count). The first-order valence-corrected chi connectivity index (χ1v) is 5.46. The molecule has 0 fully saturated rings. The van der Waals surface area contributed by atoms with Gasteiger partial charge in [0.2, 0.25) is 0 Å². The minimum Gasteiger partial charge on any atom is -0.384 e. The molecule has 0 spiro atoms. The largest absolute Gasteiger partial charge is 0.384 e. The molecule has 17 heavy (non-hydrogen) atoms. The molecular formula is C12H9ClN4. The van der Waals surface area contributed by atoms with Crippen LogP contribution in [0.3, 0.4) is 0 Å². The molecule has 1 aromatic carbocycles. The van der Waals surface area contributed by atoms with Gasteiger partial charge in [-0.25, -0.2) is 4.98 Å². The standard InChI is InChI=1S/C12H9ClN4/c13-10-4-8(3-9-6-16-17-12(9)10)7-1-2-15-11(14)5-7/h1-6H,(H2,14,15)(H,16,17). The number of anilines is 1. The summed E-state index contributed by atoms with van der Waals surface area (Å²) < 4.78 is 0. The van der Waals surface area contributed by atoms with E-state index >= 15 is 0 Å². The van der Waals surface area contributed by atoms with Gasteiger partial charge >= 0.3 is 0 Å². The van der Waals surface area contributed by atoms with Gasteiger partial charge < -0.3 is 5.73 Å². The van der Waals surface area contributed by atoms with Crippen molar-refractivity contribution in [3.05, 3.63) is 41.7 Å². The number of hydrogen-bond donors (Lipinski definition) is 2. The molecule has 0 saturated carbocycles. The predicted molar refractivity (Wildman–Crippen MR) is 68.7 cm³/mol. The van der Waals surface area contributed by atoms with Crippen LogP contribution in [0.1, 0.15) is 0 Å². The quantitative estimate of drug-likeness (QED) is 0.692. The van der Waals surface area contributed by atoms with Crippen molar-refractivity contribution >= 4 is 28.3 Å². The molecular weight excluding hydrogens is 236 g/mol. The minimum atomic E-state index is 0.492. The zero-order chi connectivity index (χ0) is 11.8. The van der Waals surface area contributed by atoms with Crippen molar-refractivity contribution in [3.8, 4) is 11.1 Å². The maximum atomic E-state index is 6.18. The van der Waals surface area contributed by atoms with Crippen LogP contribution in [-0.4, -0.2) is 15.2 Å². The first kappa shape index (κ1) is 10.1. The summed E-state index contributed by atoms with van der Waals surface area (Å²) in [5.74, 6) is 0.492. The van der Waals surface area contributed by atoms with E-state index in [1.54, 1.807) is 12.4 Å². The van der Waals surface area contributed by atoms with E-state index in [4.69, 9.17) is 17.3 Å². The second-order valence-electron chi connectivity index (χ2n) is 3.76. The summed E-state index contributed by atoms with van der Waals surface area (Å²) in [4.78, 5) is 3.97. The number of fused-ring (bicyclic) bond motifs is 1. The van der Waals surface area contributed by atoms with Gasteiger partial charge in [0.25, 0.3) is 0 Å². The number of aromatic amines is 1. The molecule has 0 aliphatic heterocycles. The summed E-state index contributed by atoms with van der Waals surface area (Å²) in [6.07, 6.45) is 3.42. The Morgan fingerprint density at radius 3 is 2.88 bits per heavy atom. The highest BCUT2D eigenvalue weighted by Crippen LogP contribution is 2.29. The van der Waals surface area contributed by atoms with Gasteiger partial charge in [0.1, 0.15) is 5.82 Å². The van der Waals surface area contributed by atoms with E-state index in [0.717, 1.165) is 22.0 Å². The summed E-state index contributed by atoms with van der Waals surface area (Å²) >= 11 is 6.18. The Bertz CT molecular complexity index is 690. The lowest BCUT2D eigenvalue weighted by Crippen LogP contribution is -1.89. The molecule has 0 radical (unpaired) electrons. The number of H-pyrrole nitrogens is 1. The Hall–Kier alpha value is -2.07. The monoisotopic (exact) mass is 244 g/mol. The first-order valence-electron chi connectivity index (χ1n) is 5.08. The van der Waals surface area contributed by atoms with Crippen molar-refractivity contribution in [2.75, 3.05) is 5.73 Å². The normalized spacial score (nSPS) is 10.9. The van der Waals surface area contributed by atoms with Crippen LogP contribution < -0.4 is 5.73 Å². The average Bonchev–Trinajstić information content (AvgIpc) is 2.77. The van der Waals surface area contributed by atoms with E-state index < -0.39 is 0 Å². The van der Waals surface area contributed by atoms with Crippen LogP contribution in [0.5, 0.6) is 0 Å². The fourth-order valence-corrected chi connectivity index (χ4v) is 2.08. The van der Waals surface area contributed by atoms with Gasteiger partial charge in [-0.1, -0.05) is 11.6 Å². The molecule has 84 valence electrons. The molecule has 0 aliphatic rings. The van der Waals surface area contributed by atoms with E-state index in [2.05, 4.69) is 15.2 Å². The number of nitrogens with one attached hydrogen (secondary N) is 1. The van der Waals surface area contributed by atoms with E-state index in [1.807, 2.05) is 24.3 Å². The van der Waals surface area contributed by atoms with Crippen LogP contribution in [0.2, 0.25) is 5.02 Å². The summed E-state index contributed by atoms with van der Waals surface area (Å²) in [6, 6.07) is 7.61. The lowest BCUT2D eigenvalue weighted by molar-refractivity contribution is 1.12. The van der Waals surface area contributed by atoms with Crippen LogP contribution >= 0.6 is 11.6 Å². The molecule has 0 amide bonds. The molecule has 2 heterocycles. The van der Waals surface area contributed by atoms with Gasteiger partial charge in [0.15, 0.2) is 0 Å². The van der Waals surface area contributed by atoms with Crippen LogP contribution in [0.15, 0.2) is 36.7 Å². The second-order valence-corrected chi connectivity index (χ2v) is 4.17. The number of hydrogen-bond acceptors (Lipinski definition) is 3. The Morgan fingerprint density at radius 2 is 2.06 bits per heavy atom. The Kier molecular flexibility index (Phi) is 2.23. The summed E-state index contributed by atoms with van der Waals surface area (Å²) in [5.41, 5.74) is 8.50. The summed E-state index contributed by atoms with van der Waals surface area (Å²) in [5, 5.41) is 8.45. The van der Waals surface area contributed by atoms with Crippen molar-refractivity contribution in [2.45, 2.75) is 0 Å². The lowest BCUT2D eigenvalue weighted by atomic mass is 10.1. The van der Waals surface area contributed by atoms with E-state index in [0.29, 0.717) is 10.8 Å². The molecule has 0 bridgehead atoms. The third-order valence-electron chi connectivity index (χ3n) is 2.62. The van der Waals surface area contributed by atoms with Crippen molar-refractivity contribution in [1.29, 1.82) is 0 Å². The molecule has 0 unspecified atom stereocenters. The SMILES string of the molecule is Nc1cc(-c2cc(Cl)c3[nH]ncc3c2)ccn1. The van der Waals surface area contributed by atoms with Crippen molar-refractivity contribution in [3.63, 3.8) is 0 Å². The number of nitrogen functional groups attached to an aromatic ring is 1. The number of halogens is 1. The van der Waals surface area contributed by atoms with Gasteiger partial charge in [-0.15, -0.1) is 0 Å². The molecule has 3 aromatic rings. The molecule has 0 aliphatic carbocycles. The number of aromatic nitrogens is 3. The molecule has 5 heteroatoms. The average molecular weight is 245 g/mol. The van der Waals surface area contributed by atoms with Gasteiger partial charge in [0, 0.05) is 11.6 Å². The zero-order valence-corrected chi connectivity index (χ0v) is 9.57. The van der Waals surface area contributed by atoms with E-state index in [1.165, 1.54) is 0 Å². The molecule has 3 N–H and O–H groups in total. The topological polar surface area (TPSA) is 67.6 Å². The lowest BCUT2D eigenvalue weighted by Gasteiger charge is -2.04. The van der Waals surface area contributed by atoms with Gasteiger partial charge in [0.05, 0.1) is 16.7 Å². The fourth-order valence-electron chi connectivity index (χ4n) is 1.81. The smallest absolute Gasteiger partial charge is 0.123 e. The number of rotatable bonds is 1. The van der Waals surface area contributed by atoms with E-state index in [9.17, 15) is 0 Å². The minimum absolute atomic E-state index is 0.492. The maximum Gasteiger partial charge on any atom is 0.123 e. The van der Waals surface area contributed by atoms with Crippen molar-refractivity contribution < 1.29 is 0 Å². The number of pyridine rings is 1. The maximum absolute atomic E-state index is 6.18. The van der Waals surface area contributed by atoms with Crippen LogP contribution in [0.25, 0.3) is 22.0 Å². The Balaban J connectivity index is 2.23. The Morgan fingerprint density at radius 1 is 1.18 bits per heavy atom. The van der Waals surface area contributed by atoms with Crippen LogP contribution in [0.4, 0.5) is 5.82 Å². The molecule has 0 atom stereocenters. The summed E-state index contributed by atoms with van der Waals surface area (Å²) in [6.45, 7) is 0. The first-order chi connectivity index (χ1) is 8.24. The third-order valence-corrected chi connectivity index (χ3v) is 2.91. The zero-order valence-electron chi connectivity index (χ0n) is 8.81. The number of nitrogens with zero attached hydrogens (tertiary/aromatic N) is 2. The molecule has 4 nitrogen and oxygen atoms in total. The second kappa shape index (κ2) is 3.75. The van der Waals surface area contributed by atoms with Gasteiger partial charge in [-0.3, -0.25) is 5.10 Å². The van der Waals surface area contributed by atoms with E-state index in [-0.39, 0.29) is 0 Å². The fraction of sp³-hybridized carbons (Fsp3) is 0. The highest BCUT2D eigenvalue weighted by Gasteiger charge is 2.06. The van der Waals surface area contributed by atoms with Crippen LogP contribution in [0, 0.1) is 0 Å². The van der Waals surface area contributed by atoms with Gasteiger partial charge in [-0.2, -0.15) is 5.10 Å². The highest BCUT2D eigenvalue weighted by molar-refractivity contribution is 6.35. The highest BCUT2D eigenvalue weighted by atomic mass is 35.5. The van der Waals surface area contributed by atoms with Crippen molar-refractivity contribution in [1.82, 2.24) is 15.2 Å². The van der Waals surface area contributed by atoms with Gasteiger partial charge in [-0.05, 0) is 35.4 Å². The summed E-state index contributed by atoms with van der Waals surface area (Å²) in [7, 11) is 0. The third kappa shape index (κ3) is 1.72. The van der Waals surface area contributed by atoms with Crippen LogP contribution in [-0.2, 0) is 0 Å². The predicted octanol–water partition coefficient (Wildman–Crippen LogP) is 2.86. The molecule has 0 saturated heterocycles.